The molecule has 0 aromatic carbocycles. The Morgan fingerprint density at radius 2 is 2.24 bits per heavy atom. The van der Waals surface area contributed by atoms with Crippen molar-refractivity contribution in [2.45, 2.75) is 31.4 Å². The average Bonchev–Trinajstić information content (AvgIpc) is 2.82. The molecule has 4 heteroatoms. The van der Waals surface area contributed by atoms with Crippen molar-refractivity contribution in [2.75, 3.05) is 5.75 Å². The second-order valence-corrected chi connectivity index (χ2v) is 6.03. The molecule has 0 bridgehead atoms. The van der Waals surface area contributed by atoms with Crippen LogP contribution >= 0.6 is 0 Å². The maximum atomic E-state index is 12.0. The minimum absolute atomic E-state index is 0.410. The van der Waals surface area contributed by atoms with E-state index in [4.69, 9.17) is 5.26 Å². The van der Waals surface area contributed by atoms with Crippen LogP contribution in [0.4, 0.5) is 0 Å². The molecule has 1 heterocycles. The maximum absolute atomic E-state index is 12.0. The second-order valence-electron chi connectivity index (χ2n) is 4.52. The van der Waals surface area contributed by atoms with E-state index >= 15 is 0 Å². The van der Waals surface area contributed by atoms with Gasteiger partial charge in [0, 0.05) is 28.3 Å². The molecule has 1 aliphatic rings. The average molecular weight is 248 g/mol. The van der Waals surface area contributed by atoms with Crippen LogP contribution in [0, 0.1) is 17.2 Å². The molecule has 0 radical (unpaired) electrons. The number of hydrogen-bond donors (Lipinski definition) is 0. The van der Waals surface area contributed by atoms with Crippen molar-refractivity contribution in [1.82, 2.24) is 4.98 Å². The second kappa shape index (κ2) is 5.92. The quantitative estimate of drug-likeness (QED) is 0.822. The third-order valence-electron chi connectivity index (χ3n) is 3.21. The van der Waals surface area contributed by atoms with Gasteiger partial charge in [0.05, 0.1) is 5.75 Å². The lowest BCUT2D eigenvalue weighted by Gasteiger charge is -2.08. The first kappa shape index (κ1) is 12.3. The fraction of sp³-hybridized carbons (Fsp3) is 0.538. The van der Waals surface area contributed by atoms with Crippen LogP contribution in [0.15, 0.2) is 18.3 Å². The van der Waals surface area contributed by atoms with Gasteiger partial charge in [-0.1, -0.05) is 18.9 Å². The zero-order chi connectivity index (χ0) is 12.1. The lowest BCUT2D eigenvalue weighted by Crippen LogP contribution is -2.10. The van der Waals surface area contributed by atoms with Gasteiger partial charge in [0.15, 0.2) is 0 Å². The highest BCUT2D eigenvalue weighted by Crippen LogP contribution is 2.26. The number of aromatic nitrogens is 1. The van der Waals surface area contributed by atoms with E-state index in [2.05, 4.69) is 4.98 Å². The van der Waals surface area contributed by atoms with Crippen molar-refractivity contribution in [3.63, 3.8) is 0 Å². The highest BCUT2D eigenvalue weighted by atomic mass is 32.2. The zero-order valence-corrected chi connectivity index (χ0v) is 10.6. The van der Waals surface area contributed by atoms with Crippen LogP contribution in [0.1, 0.15) is 36.9 Å². The lowest BCUT2D eigenvalue weighted by molar-refractivity contribution is 0.604. The molecule has 0 N–H and O–H groups in total. The molecule has 2 rings (SSSR count). The fourth-order valence-electron chi connectivity index (χ4n) is 2.33. The van der Waals surface area contributed by atoms with Gasteiger partial charge < -0.3 is 0 Å². The van der Waals surface area contributed by atoms with Crippen molar-refractivity contribution in [3.05, 3.63) is 29.6 Å². The minimum atomic E-state index is -0.864. The van der Waals surface area contributed by atoms with Crippen LogP contribution in [0.2, 0.25) is 0 Å². The first-order valence-electron chi connectivity index (χ1n) is 5.98. The van der Waals surface area contributed by atoms with E-state index in [0.29, 0.717) is 17.4 Å². The predicted molar refractivity (Wildman–Crippen MR) is 67.6 cm³/mol. The number of hydrogen-bond acceptors (Lipinski definition) is 3. The molecule has 1 atom stereocenters. The first-order valence-corrected chi connectivity index (χ1v) is 7.47. The number of nitrogens with zero attached hydrogens (tertiary/aromatic N) is 2. The lowest BCUT2D eigenvalue weighted by atomic mass is 10.1. The van der Waals surface area contributed by atoms with E-state index in [-0.39, 0.29) is 0 Å². The van der Waals surface area contributed by atoms with Crippen LogP contribution in [0.25, 0.3) is 0 Å². The molecule has 1 aromatic heterocycles. The molecular weight excluding hydrogens is 232 g/mol. The molecule has 0 aliphatic heterocycles. The summed E-state index contributed by atoms with van der Waals surface area (Å²) in [5.41, 5.74) is 1.22. The molecule has 17 heavy (non-hydrogen) atoms. The highest BCUT2D eigenvalue weighted by molar-refractivity contribution is 7.84. The van der Waals surface area contributed by atoms with Crippen LogP contribution < -0.4 is 0 Å². The summed E-state index contributed by atoms with van der Waals surface area (Å²) >= 11 is 0. The number of nitriles is 1. The highest BCUT2D eigenvalue weighted by Gasteiger charge is 2.18. The summed E-state index contributed by atoms with van der Waals surface area (Å²) < 4.78 is 12.0. The Hall–Kier alpha value is -1.21. The van der Waals surface area contributed by atoms with Crippen molar-refractivity contribution in [2.24, 2.45) is 5.92 Å². The Morgan fingerprint density at radius 3 is 2.94 bits per heavy atom. The third kappa shape index (κ3) is 3.37. The van der Waals surface area contributed by atoms with E-state index in [9.17, 15) is 4.21 Å². The van der Waals surface area contributed by atoms with E-state index in [1.807, 2.05) is 12.1 Å². The largest absolute Gasteiger partial charge is 0.259 e. The summed E-state index contributed by atoms with van der Waals surface area (Å²) in [6.45, 7) is 0. The van der Waals surface area contributed by atoms with Gasteiger partial charge in [0.1, 0.15) is 11.8 Å². The summed E-state index contributed by atoms with van der Waals surface area (Å²) in [5, 5.41) is 8.90. The van der Waals surface area contributed by atoms with E-state index in [0.717, 1.165) is 11.3 Å². The van der Waals surface area contributed by atoms with Crippen molar-refractivity contribution >= 4 is 10.8 Å². The van der Waals surface area contributed by atoms with E-state index in [1.54, 1.807) is 12.3 Å². The SMILES string of the molecule is N#Cc1ncccc1CS(=O)CC1CCCC1. The topological polar surface area (TPSA) is 53.8 Å². The van der Waals surface area contributed by atoms with Gasteiger partial charge >= 0.3 is 0 Å². The standard InChI is InChI=1S/C13H16N2OS/c14-8-13-12(6-3-7-15-13)10-17(16)9-11-4-1-2-5-11/h3,6-7,11H,1-2,4-5,9-10H2. The summed E-state index contributed by atoms with van der Waals surface area (Å²) in [6.07, 6.45) is 6.58. The monoisotopic (exact) mass is 248 g/mol. The number of rotatable bonds is 4. The van der Waals surface area contributed by atoms with Crippen LogP contribution in [-0.4, -0.2) is 14.9 Å². The summed E-state index contributed by atoms with van der Waals surface area (Å²) in [7, 11) is -0.864. The number of pyridine rings is 1. The minimum Gasteiger partial charge on any atom is -0.259 e. The molecule has 1 fully saturated rings. The Balaban J connectivity index is 1.95. The van der Waals surface area contributed by atoms with Crippen molar-refractivity contribution < 1.29 is 4.21 Å². The Kier molecular flexibility index (Phi) is 4.27. The normalized spacial score (nSPS) is 17.8. The van der Waals surface area contributed by atoms with Gasteiger partial charge in [0.2, 0.25) is 0 Å². The third-order valence-corrected chi connectivity index (χ3v) is 4.69. The van der Waals surface area contributed by atoms with Gasteiger partial charge in [-0.25, -0.2) is 4.98 Å². The van der Waals surface area contributed by atoms with Gasteiger partial charge in [-0.15, -0.1) is 0 Å². The molecule has 90 valence electrons. The van der Waals surface area contributed by atoms with Crippen molar-refractivity contribution in [3.8, 4) is 6.07 Å². The molecule has 1 saturated carbocycles. The molecule has 0 saturated heterocycles. The fourth-order valence-corrected chi connectivity index (χ4v) is 3.88. The molecule has 1 aromatic rings. The van der Waals surface area contributed by atoms with Gasteiger partial charge in [0.25, 0.3) is 0 Å². The Morgan fingerprint density at radius 1 is 1.47 bits per heavy atom. The summed E-state index contributed by atoms with van der Waals surface area (Å²) in [4.78, 5) is 3.99. The Labute approximate surface area is 104 Å². The smallest absolute Gasteiger partial charge is 0.144 e. The summed E-state index contributed by atoms with van der Waals surface area (Å²) in [5.74, 6) is 1.87. The Bertz CT molecular complexity index is 447. The molecule has 1 unspecified atom stereocenters. The molecule has 0 amide bonds. The first-order chi connectivity index (χ1) is 8.29. The van der Waals surface area contributed by atoms with Gasteiger partial charge in [-0.05, 0) is 24.8 Å². The van der Waals surface area contributed by atoms with Gasteiger partial charge in [-0.3, -0.25) is 4.21 Å². The van der Waals surface area contributed by atoms with E-state index < -0.39 is 10.8 Å². The molecular formula is C13H16N2OS. The van der Waals surface area contributed by atoms with Crippen molar-refractivity contribution in [1.29, 1.82) is 5.26 Å². The van der Waals surface area contributed by atoms with Crippen LogP contribution in [0.5, 0.6) is 0 Å². The van der Waals surface area contributed by atoms with E-state index in [1.165, 1.54) is 25.7 Å². The van der Waals surface area contributed by atoms with Crippen LogP contribution in [-0.2, 0) is 16.6 Å². The molecule has 3 nitrogen and oxygen atoms in total. The molecule has 1 aliphatic carbocycles. The zero-order valence-electron chi connectivity index (χ0n) is 9.76. The molecule has 0 spiro atoms. The summed E-state index contributed by atoms with van der Waals surface area (Å²) in [6, 6.07) is 5.69. The van der Waals surface area contributed by atoms with Crippen LogP contribution in [0.3, 0.4) is 0 Å². The van der Waals surface area contributed by atoms with Gasteiger partial charge in [-0.2, -0.15) is 5.26 Å². The maximum Gasteiger partial charge on any atom is 0.144 e. The predicted octanol–water partition coefficient (Wildman–Crippen LogP) is 2.39.